The van der Waals surface area contributed by atoms with Crippen molar-refractivity contribution in [1.29, 1.82) is 0 Å². The van der Waals surface area contributed by atoms with Gasteiger partial charge in [0.05, 0.1) is 4.90 Å². The van der Waals surface area contributed by atoms with E-state index in [1.54, 1.807) is 18.2 Å². The largest absolute Gasteiger partial charge is 0.398 e. The second-order valence-corrected chi connectivity index (χ2v) is 8.26. The van der Waals surface area contributed by atoms with Crippen molar-refractivity contribution in [2.75, 3.05) is 5.73 Å². The minimum absolute atomic E-state index is 0.271. The highest BCUT2D eigenvalue weighted by molar-refractivity contribution is 7.89. The van der Waals surface area contributed by atoms with Crippen LogP contribution in [0.2, 0.25) is 0 Å². The van der Waals surface area contributed by atoms with E-state index in [1.165, 1.54) is 6.42 Å². The number of hydrogen-bond donors (Lipinski definition) is 2. The summed E-state index contributed by atoms with van der Waals surface area (Å²) >= 11 is 0. The standard InChI is InChI=1S/C16H24N2O2S/c1-16(2,3)18-21(19,20)13-9-10-15(17)14(11-13)12-7-5-4-6-8-12/h7,9-11,18H,4-6,8,17H2,1-3H3. The molecule has 0 amide bonds. The van der Waals surface area contributed by atoms with E-state index in [4.69, 9.17) is 5.73 Å². The average molecular weight is 308 g/mol. The quantitative estimate of drug-likeness (QED) is 0.842. The third kappa shape index (κ3) is 4.08. The monoisotopic (exact) mass is 308 g/mol. The van der Waals surface area contributed by atoms with Gasteiger partial charge in [0.2, 0.25) is 10.0 Å². The van der Waals surface area contributed by atoms with Crippen LogP contribution in [0.1, 0.15) is 52.0 Å². The minimum atomic E-state index is -3.53. The number of hydrogen-bond acceptors (Lipinski definition) is 3. The summed E-state index contributed by atoms with van der Waals surface area (Å²) in [6.07, 6.45) is 6.48. The van der Waals surface area contributed by atoms with Crippen molar-refractivity contribution >= 4 is 21.3 Å². The van der Waals surface area contributed by atoms with Crippen molar-refractivity contribution in [3.63, 3.8) is 0 Å². The van der Waals surface area contributed by atoms with Crippen LogP contribution in [0.25, 0.3) is 5.57 Å². The summed E-state index contributed by atoms with van der Waals surface area (Å²) < 4.78 is 27.5. The van der Waals surface area contributed by atoms with Gasteiger partial charge in [0.1, 0.15) is 0 Å². The van der Waals surface area contributed by atoms with Crippen LogP contribution in [0.4, 0.5) is 5.69 Å². The first-order valence-corrected chi connectivity index (χ1v) is 8.80. The fourth-order valence-electron chi connectivity index (χ4n) is 2.53. The van der Waals surface area contributed by atoms with Crippen LogP contribution in [0.15, 0.2) is 29.2 Å². The lowest BCUT2D eigenvalue weighted by atomic mass is 9.93. The second-order valence-electron chi connectivity index (χ2n) is 6.58. The molecule has 0 saturated heterocycles. The summed E-state index contributed by atoms with van der Waals surface area (Å²) in [5, 5.41) is 0. The normalized spacial score (nSPS) is 16.6. The number of benzene rings is 1. The number of allylic oxidation sites excluding steroid dienone is 2. The maximum Gasteiger partial charge on any atom is 0.241 e. The van der Waals surface area contributed by atoms with Crippen LogP contribution in [-0.4, -0.2) is 14.0 Å². The van der Waals surface area contributed by atoms with E-state index in [0.29, 0.717) is 5.69 Å². The molecule has 1 aliphatic carbocycles. The summed E-state index contributed by atoms with van der Waals surface area (Å²) in [5.41, 5.74) is 8.17. The molecule has 0 bridgehead atoms. The smallest absolute Gasteiger partial charge is 0.241 e. The Morgan fingerprint density at radius 1 is 1.19 bits per heavy atom. The predicted molar refractivity (Wildman–Crippen MR) is 87.4 cm³/mol. The molecule has 0 fully saturated rings. The van der Waals surface area contributed by atoms with Crippen molar-refractivity contribution in [2.24, 2.45) is 0 Å². The third-order valence-corrected chi connectivity index (χ3v) is 5.17. The number of rotatable bonds is 3. The van der Waals surface area contributed by atoms with Crippen molar-refractivity contribution < 1.29 is 8.42 Å². The molecule has 1 aromatic carbocycles. The molecule has 4 nitrogen and oxygen atoms in total. The fourth-order valence-corrected chi connectivity index (χ4v) is 3.97. The Hall–Kier alpha value is -1.33. The maximum atomic E-state index is 12.4. The van der Waals surface area contributed by atoms with Gasteiger partial charge in [-0.05, 0) is 70.2 Å². The Morgan fingerprint density at radius 3 is 2.48 bits per heavy atom. The Balaban J connectivity index is 2.41. The van der Waals surface area contributed by atoms with Crippen LogP contribution in [0.5, 0.6) is 0 Å². The zero-order valence-electron chi connectivity index (χ0n) is 12.9. The maximum absolute atomic E-state index is 12.4. The molecule has 21 heavy (non-hydrogen) atoms. The van der Waals surface area contributed by atoms with E-state index < -0.39 is 15.6 Å². The van der Waals surface area contributed by atoms with Gasteiger partial charge in [-0.1, -0.05) is 6.08 Å². The molecule has 0 saturated carbocycles. The van der Waals surface area contributed by atoms with Crippen LogP contribution in [0.3, 0.4) is 0 Å². The van der Waals surface area contributed by atoms with Gasteiger partial charge >= 0.3 is 0 Å². The summed E-state index contributed by atoms with van der Waals surface area (Å²) in [4.78, 5) is 0.271. The molecule has 0 aromatic heterocycles. The van der Waals surface area contributed by atoms with Gasteiger partial charge in [-0.2, -0.15) is 0 Å². The number of nitrogens with one attached hydrogen (secondary N) is 1. The van der Waals surface area contributed by atoms with Crippen LogP contribution in [0, 0.1) is 0 Å². The van der Waals surface area contributed by atoms with Crippen molar-refractivity contribution in [3.8, 4) is 0 Å². The lowest BCUT2D eigenvalue weighted by molar-refractivity contribution is 0.491. The Labute approximate surface area is 127 Å². The number of nitrogen functional groups attached to an aromatic ring is 1. The zero-order valence-corrected chi connectivity index (χ0v) is 13.8. The van der Waals surface area contributed by atoms with Gasteiger partial charge < -0.3 is 5.73 Å². The molecule has 116 valence electrons. The first-order valence-electron chi connectivity index (χ1n) is 7.32. The highest BCUT2D eigenvalue weighted by atomic mass is 32.2. The summed E-state index contributed by atoms with van der Waals surface area (Å²) in [5.74, 6) is 0. The number of nitrogens with two attached hydrogens (primary N) is 1. The molecular formula is C16H24N2O2S. The highest BCUT2D eigenvalue weighted by Gasteiger charge is 2.23. The van der Waals surface area contributed by atoms with Gasteiger partial charge in [0, 0.05) is 16.8 Å². The SMILES string of the molecule is CC(C)(C)NS(=O)(=O)c1ccc(N)c(C2=CCCCC2)c1. The molecule has 0 spiro atoms. The van der Waals surface area contributed by atoms with Gasteiger partial charge in [-0.15, -0.1) is 0 Å². The highest BCUT2D eigenvalue weighted by Crippen LogP contribution is 2.32. The summed E-state index contributed by atoms with van der Waals surface area (Å²) in [6, 6.07) is 4.94. The molecule has 3 N–H and O–H groups in total. The van der Waals surface area contributed by atoms with Gasteiger partial charge in [-0.3, -0.25) is 0 Å². The molecule has 0 unspecified atom stereocenters. The molecule has 0 radical (unpaired) electrons. The van der Waals surface area contributed by atoms with Crippen molar-refractivity contribution in [1.82, 2.24) is 4.72 Å². The van der Waals surface area contributed by atoms with Crippen LogP contribution in [-0.2, 0) is 10.0 Å². The number of sulfonamides is 1. The Kier molecular flexibility index (Phi) is 4.44. The van der Waals surface area contributed by atoms with Gasteiger partial charge in [0.15, 0.2) is 0 Å². The first kappa shape index (κ1) is 16.0. The second kappa shape index (κ2) is 5.81. The average Bonchev–Trinajstić information content (AvgIpc) is 2.37. The van der Waals surface area contributed by atoms with Gasteiger partial charge in [-0.25, -0.2) is 13.1 Å². The molecule has 1 aromatic rings. The van der Waals surface area contributed by atoms with E-state index in [2.05, 4.69) is 10.8 Å². The Bertz CT molecular complexity index is 655. The molecule has 5 heteroatoms. The minimum Gasteiger partial charge on any atom is -0.398 e. The van der Waals surface area contributed by atoms with E-state index in [-0.39, 0.29) is 4.90 Å². The lowest BCUT2D eigenvalue weighted by Crippen LogP contribution is -2.40. The van der Waals surface area contributed by atoms with Crippen LogP contribution < -0.4 is 10.5 Å². The third-order valence-electron chi connectivity index (χ3n) is 3.41. The molecular weight excluding hydrogens is 284 g/mol. The Morgan fingerprint density at radius 2 is 1.90 bits per heavy atom. The summed E-state index contributed by atoms with van der Waals surface area (Å²) in [6.45, 7) is 5.48. The molecule has 0 aliphatic heterocycles. The van der Waals surface area contributed by atoms with Crippen molar-refractivity contribution in [3.05, 3.63) is 29.8 Å². The van der Waals surface area contributed by atoms with Crippen molar-refractivity contribution in [2.45, 2.75) is 56.9 Å². The lowest BCUT2D eigenvalue weighted by Gasteiger charge is -2.21. The van der Waals surface area contributed by atoms with E-state index in [0.717, 1.165) is 30.4 Å². The molecule has 0 heterocycles. The molecule has 1 aliphatic rings. The number of anilines is 1. The van der Waals surface area contributed by atoms with E-state index in [9.17, 15) is 8.42 Å². The topological polar surface area (TPSA) is 72.2 Å². The molecule has 0 atom stereocenters. The predicted octanol–water partition coefficient (Wildman–Crippen LogP) is 3.30. The van der Waals surface area contributed by atoms with Gasteiger partial charge in [0.25, 0.3) is 0 Å². The fraction of sp³-hybridized carbons (Fsp3) is 0.500. The zero-order chi connectivity index (χ0) is 15.7. The molecule has 2 rings (SSSR count). The summed E-state index contributed by atoms with van der Waals surface area (Å²) in [7, 11) is -3.53. The first-order chi connectivity index (χ1) is 9.69. The van der Waals surface area contributed by atoms with Crippen LogP contribution >= 0.6 is 0 Å². The van der Waals surface area contributed by atoms with E-state index >= 15 is 0 Å². The van der Waals surface area contributed by atoms with E-state index in [1.807, 2.05) is 20.8 Å².